The number of anilines is 5. The number of nitrogen functional groups attached to an aromatic ring is 1. The Hall–Kier alpha value is -7.39. The predicted octanol–water partition coefficient (Wildman–Crippen LogP) is 11.4. The zero-order valence-electron chi connectivity index (χ0n) is 40.5. The first-order chi connectivity index (χ1) is 33.7. The van der Waals surface area contributed by atoms with Gasteiger partial charge in [-0.15, -0.1) is 4.98 Å². The maximum absolute atomic E-state index is 12.9. The van der Waals surface area contributed by atoms with E-state index in [4.69, 9.17) is 77.6 Å². The molecule has 6 aromatic rings. The topological polar surface area (TPSA) is 214 Å². The number of hydrogen-bond donors (Lipinski definition) is 3. The van der Waals surface area contributed by atoms with E-state index in [-0.39, 0.29) is 44.1 Å². The SMILES string of the molecule is C.C.COc1c(Cl)cccc1Nc1cc(Cl)nc2c1C(=O)N(C)C2.[C-]#[N+]c1nc(Cc2cc(Nc3cccc(Cl)c3OC)c3c(n2)CN(C)C3=O)cnc1C(C)(C)OC.[C-]#[N+]c1nc(N)cnc1C(C)(C)OC. The highest BCUT2D eigenvalue weighted by atomic mass is 35.5. The van der Waals surface area contributed by atoms with Gasteiger partial charge < -0.3 is 54.8 Å². The summed E-state index contributed by atoms with van der Waals surface area (Å²) in [6.07, 6.45) is 3.38. The zero-order chi connectivity index (χ0) is 51.9. The molecule has 2 aromatic carbocycles. The molecule has 0 saturated heterocycles. The lowest BCUT2D eigenvalue weighted by Crippen LogP contribution is -2.22. The van der Waals surface area contributed by atoms with Crippen LogP contribution in [0.1, 0.15) is 97.4 Å². The highest BCUT2D eigenvalue weighted by Gasteiger charge is 2.33. The number of carbonyl (C=O) groups is 2. The fourth-order valence-electron chi connectivity index (χ4n) is 7.38. The van der Waals surface area contributed by atoms with Gasteiger partial charge in [0.1, 0.15) is 5.15 Å². The van der Waals surface area contributed by atoms with Gasteiger partial charge in [-0.1, -0.05) is 79.9 Å². The van der Waals surface area contributed by atoms with Crippen molar-refractivity contribution in [3.8, 4) is 11.5 Å². The van der Waals surface area contributed by atoms with Crippen molar-refractivity contribution >= 4 is 86.8 Å². The molecule has 0 saturated carbocycles. The van der Waals surface area contributed by atoms with Crippen molar-refractivity contribution in [2.75, 3.05) is 58.9 Å². The summed E-state index contributed by atoms with van der Waals surface area (Å²) in [6.45, 7) is 22.6. The lowest BCUT2D eigenvalue weighted by atomic mass is 10.0. The van der Waals surface area contributed by atoms with E-state index >= 15 is 0 Å². The highest BCUT2D eigenvalue weighted by Crippen LogP contribution is 2.40. The van der Waals surface area contributed by atoms with E-state index in [1.54, 1.807) is 74.6 Å². The Balaban J connectivity index is 0.000000260. The van der Waals surface area contributed by atoms with Gasteiger partial charge in [0.2, 0.25) is 5.82 Å². The van der Waals surface area contributed by atoms with Crippen LogP contribution < -0.4 is 25.8 Å². The van der Waals surface area contributed by atoms with Crippen LogP contribution in [0.15, 0.2) is 60.9 Å². The Morgan fingerprint density at radius 2 is 1.11 bits per heavy atom. The van der Waals surface area contributed by atoms with Gasteiger partial charge in [0.25, 0.3) is 23.5 Å². The van der Waals surface area contributed by atoms with Crippen molar-refractivity contribution in [2.24, 2.45) is 0 Å². The van der Waals surface area contributed by atoms with Crippen LogP contribution in [0, 0.1) is 13.1 Å². The smallest absolute Gasteiger partial charge is 0.296 e. The second kappa shape index (κ2) is 24.4. The molecule has 2 amide bonds. The normalized spacial score (nSPS) is 12.3. The second-order valence-corrected chi connectivity index (χ2v) is 18.0. The Morgan fingerprint density at radius 3 is 1.58 bits per heavy atom. The number of nitrogens with zero attached hydrogens (tertiary/aromatic N) is 10. The molecule has 73 heavy (non-hydrogen) atoms. The van der Waals surface area contributed by atoms with E-state index in [1.807, 2.05) is 45.9 Å². The molecule has 4 aromatic heterocycles. The number of para-hydroxylation sites is 2. The van der Waals surface area contributed by atoms with Gasteiger partial charge >= 0.3 is 0 Å². The molecule has 0 radical (unpaired) electrons. The monoisotopic (exact) mass is 1050 g/mol. The highest BCUT2D eigenvalue weighted by molar-refractivity contribution is 6.33. The quantitative estimate of drug-likeness (QED) is 0.0768. The number of ether oxygens (including phenoxy) is 4. The largest absolute Gasteiger partial charge is 0.493 e. The number of nitrogens with two attached hydrogens (primary N) is 1. The molecular formula is C51H58Cl3N13O6. The maximum atomic E-state index is 12.9. The maximum Gasteiger partial charge on any atom is 0.296 e. The molecule has 0 bridgehead atoms. The lowest BCUT2D eigenvalue weighted by Gasteiger charge is -2.22. The van der Waals surface area contributed by atoms with E-state index in [0.29, 0.717) is 114 Å². The molecule has 2 aliphatic heterocycles. The molecule has 6 heterocycles. The molecule has 384 valence electrons. The van der Waals surface area contributed by atoms with Gasteiger partial charge in [0.15, 0.2) is 17.2 Å². The van der Waals surface area contributed by atoms with E-state index in [0.717, 1.165) is 0 Å². The molecular weight excluding hydrogens is 997 g/mol. The second-order valence-electron chi connectivity index (χ2n) is 16.8. The van der Waals surface area contributed by atoms with Crippen LogP contribution in [0.2, 0.25) is 15.2 Å². The summed E-state index contributed by atoms with van der Waals surface area (Å²) in [4.78, 5) is 61.0. The van der Waals surface area contributed by atoms with Gasteiger partial charge in [-0.2, -0.15) is 0 Å². The average Bonchev–Trinajstić information content (AvgIpc) is 3.79. The first-order valence-electron chi connectivity index (χ1n) is 21.5. The molecule has 0 unspecified atom stereocenters. The third-order valence-corrected chi connectivity index (χ3v) is 12.1. The number of pyridine rings is 2. The first-order valence-corrected chi connectivity index (χ1v) is 22.6. The van der Waals surface area contributed by atoms with Crippen LogP contribution in [-0.2, 0) is 40.2 Å². The molecule has 0 atom stereocenters. The number of aromatic nitrogens is 6. The lowest BCUT2D eigenvalue weighted by molar-refractivity contribution is 0.0158. The van der Waals surface area contributed by atoms with Crippen LogP contribution in [0.4, 0.5) is 40.2 Å². The van der Waals surface area contributed by atoms with Crippen LogP contribution in [0.3, 0.4) is 0 Å². The zero-order valence-corrected chi connectivity index (χ0v) is 42.8. The first kappa shape index (κ1) is 58.2. The van der Waals surface area contributed by atoms with Crippen molar-refractivity contribution in [2.45, 2.75) is 73.3 Å². The Morgan fingerprint density at radius 1 is 0.658 bits per heavy atom. The standard InChI is InChI=1S/C25H25ClN6O3.C15H13Cl2N3O2.C9H12N4O.2CH4/c1-25(2,35-6)22-23(27-3)30-15(12-28-22)10-14-11-18(20-19(29-14)13-32(4)24(20)33)31-17-9-7-8-16(26)21(17)34-5;1-20-7-11-13(15(20)21)10(6-12(17)19-11)18-9-5-3-4-8(16)14(9)22-2;1-9(2,14-4)7-8(11-3)13-6(10)5-12-7;;/h7-9,11-12H,10,13H2,1-2,4-6H3,(H,29,31);3-6H,7H2,1-2H3,(H,18,19);5H,1-2,4H3,(H2,10,13);2*1H4. The Labute approximate surface area is 441 Å². The molecule has 22 heteroatoms. The number of benzene rings is 2. The van der Waals surface area contributed by atoms with Crippen molar-refractivity contribution in [3.05, 3.63) is 144 Å². The van der Waals surface area contributed by atoms with Crippen LogP contribution in [0.25, 0.3) is 9.69 Å². The van der Waals surface area contributed by atoms with Crippen molar-refractivity contribution in [1.82, 2.24) is 39.7 Å². The minimum absolute atomic E-state index is 0. The number of nitrogens with one attached hydrogen (secondary N) is 2. The number of methoxy groups -OCH3 is 4. The van der Waals surface area contributed by atoms with Gasteiger partial charge in [-0.25, -0.2) is 4.98 Å². The number of fused-ring (bicyclic) bond motifs is 2. The van der Waals surface area contributed by atoms with E-state index in [2.05, 4.69) is 45.2 Å². The van der Waals surface area contributed by atoms with Crippen LogP contribution in [-0.4, -0.2) is 94.1 Å². The summed E-state index contributed by atoms with van der Waals surface area (Å²) in [5, 5.41) is 7.73. The molecule has 0 fully saturated rings. The van der Waals surface area contributed by atoms with Gasteiger partial charge in [-0.05, 0) is 64.1 Å². The van der Waals surface area contributed by atoms with Gasteiger partial charge in [0, 0.05) is 28.3 Å². The molecule has 0 aliphatic carbocycles. The Bertz CT molecular complexity index is 3110. The predicted molar refractivity (Wildman–Crippen MR) is 285 cm³/mol. The molecule has 2 aliphatic rings. The molecule has 0 spiro atoms. The van der Waals surface area contributed by atoms with E-state index < -0.39 is 11.2 Å². The Kier molecular flexibility index (Phi) is 19.4. The van der Waals surface area contributed by atoms with E-state index in [1.165, 1.54) is 20.4 Å². The number of hydrogen-bond acceptors (Lipinski definition) is 15. The molecule has 19 nitrogen and oxygen atoms in total. The number of carbonyl (C=O) groups excluding carboxylic acids is 2. The third-order valence-electron chi connectivity index (χ3n) is 11.3. The molecule has 4 N–H and O–H groups in total. The van der Waals surface area contributed by atoms with Crippen molar-refractivity contribution in [3.63, 3.8) is 0 Å². The summed E-state index contributed by atoms with van der Waals surface area (Å²) in [6, 6.07) is 14.1. The fraction of sp³-hybridized carbons (Fsp3) is 0.333. The van der Waals surface area contributed by atoms with Crippen LogP contribution in [0.5, 0.6) is 11.5 Å². The van der Waals surface area contributed by atoms with Crippen LogP contribution >= 0.6 is 34.8 Å². The summed E-state index contributed by atoms with van der Waals surface area (Å²) < 4.78 is 21.5. The summed E-state index contributed by atoms with van der Waals surface area (Å²) in [5.41, 5.74) is 11.1. The van der Waals surface area contributed by atoms with Crippen molar-refractivity contribution < 1.29 is 28.5 Å². The number of halogens is 3. The summed E-state index contributed by atoms with van der Waals surface area (Å²) in [5.74, 6) is 1.39. The van der Waals surface area contributed by atoms with E-state index in [9.17, 15) is 9.59 Å². The average molecular weight is 1060 g/mol. The van der Waals surface area contributed by atoms with Gasteiger partial charge in [0.05, 0.1) is 130 Å². The van der Waals surface area contributed by atoms with Crippen molar-refractivity contribution in [1.29, 1.82) is 0 Å². The number of rotatable bonds is 12. The summed E-state index contributed by atoms with van der Waals surface area (Å²) in [7, 11) is 9.66. The molecule has 8 rings (SSSR count). The number of amides is 2. The third kappa shape index (κ3) is 12.8. The fourth-order valence-corrected chi connectivity index (χ4v) is 8.10. The minimum atomic E-state index is -0.741. The summed E-state index contributed by atoms with van der Waals surface area (Å²) >= 11 is 18.5. The van der Waals surface area contributed by atoms with Gasteiger partial charge in [-0.3, -0.25) is 24.5 Å². The minimum Gasteiger partial charge on any atom is -0.493 e.